The predicted octanol–water partition coefficient (Wildman–Crippen LogP) is 7.15. The second kappa shape index (κ2) is 7.94. The van der Waals surface area contributed by atoms with E-state index in [9.17, 15) is 4.39 Å². The largest absolute Gasteiger partial charge is 0.206 e. The molecule has 0 saturated carbocycles. The lowest BCUT2D eigenvalue weighted by molar-refractivity contribution is 0.632. The van der Waals surface area contributed by atoms with Crippen LogP contribution in [0.1, 0.15) is 31.4 Å². The molecule has 0 aliphatic rings. The minimum atomic E-state index is -0.186. The third kappa shape index (κ3) is 4.06. The van der Waals surface area contributed by atoms with Crippen LogP contribution in [0.4, 0.5) is 4.39 Å². The predicted molar refractivity (Wildman–Crippen MR) is 106 cm³/mol. The number of benzene rings is 3. The van der Waals surface area contributed by atoms with E-state index in [1.165, 1.54) is 5.56 Å². The molecule has 0 aliphatic carbocycles. The van der Waals surface area contributed by atoms with E-state index in [4.69, 9.17) is 0 Å². The number of aryl methyl sites for hydroxylation is 1. The first-order chi connectivity index (χ1) is 12.2. The zero-order valence-corrected chi connectivity index (χ0v) is 14.8. The van der Waals surface area contributed by atoms with Gasteiger partial charge in [0.15, 0.2) is 0 Å². The van der Waals surface area contributed by atoms with Crippen molar-refractivity contribution in [2.24, 2.45) is 0 Å². The maximum atomic E-state index is 14.7. The summed E-state index contributed by atoms with van der Waals surface area (Å²) in [6, 6.07) is 21.8. The van der Waals surface area contributed by atoms with Gasteiger partial charge in [-0.3, -0.25) is 0 Å². The maximum absolute atomic E-state index is 14.7. The van der Waals surface area contributed by atoms with Crippen LogP contribution in [-0.4, -0.2) is 0 Å². The molecule has 3 aromatic rings. The van der Waals surface area contributed by atoms with Crippen LogP contribution in [0.3, 0.4) is 0 Å². The SMILES string of the molecule is CCC=Cc1ccc(-c2ccc(-c3ccc(CC)cc3)cc2F)cc1. The number of hydrogen-bond acceptors (Lipinski definition) is 0. The molecule has 0 aliphatic heterocycles. The van der Waals surface area contributed by atoms with E-state index in [2.05, 4.69) is 50.3 Å². The van der Waals surface area contributed by atoms with Gasteiger partial charge in [0.1, 0.15) is 5.82 Å². The number of halogens is 1. The molecule has 0 spiro atoms. The Hall–Kier alpha value is -2.67. The summed E-state index contributed by atoms with van der Waals surface area (Å²) in [4.78, 5) is 0. The first-order valence-electron chi connectivity index (χ1n) is 8.87. The molecule has 1 heteroatoms. The van der Waals surface area contributed by atoms with Crippen molar-refractivity contribution in [3.8, 4) is 22.3 Å². The fourth-order valence-electron chi connectivity index (χ4n) is 2.89. The Bertz CT molecular complexity index is 856. The molecule has 0 nitrogen and oxygen atoms in total. The standard InChI is InChI=1S/C24H23F/c1-3-5-6-19-9-13-21(14-10-19)23-16-15-22(17-24(23)25)20-11-7-18(4-2)8-12-20/h5-17H,3-4H2,1-2H3. The van der Waals surface area contributed by atoms with Gasteiger partial charge in [-0.2, -0.15) is 0 Å². The third-order valence-electron chi connectivity index (χ3n) is 4.43. The van der Waals surface area contributed by atoms with E-state index in [1.54, 1.807) is 6.07 Å². The molecule has 0 saturated heterocycles. The summed E-state index contributed by atoms with van der Waals surface area (Å²) in [6.07, 6.45) is 6.23. The molecule has 3 rings (SSSR count). The number of hydrogen-bond donors (Lipinski definition) is 0. The Kier molecular flexibility index (Phi) is 5.45. The molecule has 25 heavy (non-hydrogen) atoms. The minimum Gasteiger partial charge on any atom is -0.206 e. The van der Waals surface area contributed by atoms with Gasteiger partial charge in [-0.05, 0) is 46.7 Å². The van der Waals surface area contributed by atoms with E-state index >= 15 is 0 Å². The van der Waals surface area contributed by atoms with Crippen molar-refractivity contribution in [2.75, 3.05) is 0 Å². The molecule has 0 amide bonds. The molecule has 3 aromatic carbocycles. The van der Waals surface area contributed by atoms with Crippen LogP contribution < -0.4 is 0 Å². The highest BCUT2D eigenvalue weighted by molar-refractivity contribution is 5.72. The van der Waals surface area contributed by atoms with E-state index in [1.807, 2.05) is 36.4 Å². The molecule has 0 atom stereocenters. The fourth-order valence-corrected chi connectivity index (χ4v) is 2.89. The lowest BCUT2D eigenvalue weighted by atomic mass is 9.98. The van der Waals surface area contributed by atoms with E-state index in [0.29, 0.717) is 5.56 Å². The summed E-state index contributed by atoms with van der Waals surface area (Å²) in [6.45, 7) is 4.24. The molecule has 0 radical (unpaired) electrons. The molecular formula is C24H23F. The first kappa shape index (κ1) is 17.2. The number of rotatable bonds is 5. The smallest absolute Gasteiger partial charge is 0.131 e. The highest BCUT2D eigenvalue weighted by Crippen LogP contribution is 2.28. The second-order valence-corrected chi connectivity index (χ2v) is 6.18. The molecule has 0 bridgehead atoms. The van der Waals surface area contributed by atoms with Crippen molar-refractivity contribution in [1.82, 2.24) is 0 Å². The maximum Gasteiger partial charge on any atom is 0.131 e. The molecule has 0 aromatic heterocycles. The van der Waals surface area contributed by atoms with Gasteiger partial charge in [0.2, 0.25) is 0 Å². The van der Waals surface area contributed by atoms with Crippen LogP contribution in [0.5, 0.6) is 0 Å². The Balaban J connectivity index is 1.87. The van der Waals surface area contributed by atoms with Gasteiger partial charge in [-0.15, -0.1) is 0 Å². The summed E-state index contributed by atoms with van der Waals surface area (Å²) < 4.78 is 14.7. The van der Waals surface area contributed by atoms with Gasteiger partial charge < -0.3 is 0 Å². The van der Waals surface area contributed by atoms with E-state index < -0.39 is 0 Å². The summed E-state index contributed by atoms with van der Waals surface area (Å²) in [5.41, 5.74) is 5.92. The average Bonchev–Trinajstić information content (AvgIpc) is 2.67. The normalized spacial score (nSPS) is 11.2. The van der Waals surface area contributed by atoms with Crippen molar-refractivity contribution >= 4 is 6.08 Å². The lowest BCUT2D eigenvalue weighted by Crippen LogP contribution is -1.87. The summed E-state index contributed by atoms with van der Waals surface area (Å²) in [5, 5.41) is 0. The highest BCUT2D eigenvalue weighted by atomic mass is 19.1. The molecule has 126 valence electrons. The van der Waals surface area contributed by atoms with E-state index in [-0.39, 0.29) is 5.82 Å². The molecule has 0 fully saturated rings. The second-order valence-electron chi connectivity index (χ2n) is 6.18. The van der Waals surface area contributed by atoms with E-state index in [0.717, 1.165) is 35.1 Å². The van der Waals surface area contributed by atoms with Crippen molar-refractivity contribution in [2.45, 2.75) is 26.7 Å². The van der Waals surface area contributed by atoms with Crippen LogP contribution in [0.25, 0.3) is 28.3 Å². The Morgan fingerprint density at radius 1 is 0.760 bits per heavy atom. The van der Waals surface area contributed by atoms with Crippen LogP contribution >= 0.6 is 0 Å². The Morgan fingerprint density at radius 3 is 2.00 bits per heavy atom. The zero-order valence-electron chi connectivity index (χ0n) is 14.8. The highest BCUT2D eigenvalue weighted by Gasteiger charge is 2.07. The van der Waals surface area contributed by atoms with Gasteiger partial charge in [0.05, 0.1) is 0 Å². The van der Waals surface area contributed by atoms with Gasteiger partial charge in [0, 0.05) is 5.56 Å². The Labute approximate surface area is 149 Å². The van der Waals surface area contributed by atoms with Crippen LogP contribution in [0.2, 0.25) is 0 Å². The van der Waals surface area contributed by atoms with Crippen molar-refractivity contribution < 1.29 is 4.39 Å². The third-order valence-corrected chi connectivity index (χ3v) is 4.43. The summed E-state index contributed by atoms with van der Waals surface area (Å²) in [5.74, 6) is -0.186. The topological polar surface area (TPSA) is 0 Å². The van der Waals surface area contributed by atoms with Crippen LogP contribution in [0, 0.1) is 5.82 Å². The monoisotopic (exact) mass is 330 g/mol. The minimum absolute atomic E-state index is 0.186. The van der Waals surface area contributed by atoms with Crippen molar-refractivity contribution in [3.63, 3.8) is 0 Å². The quantitative estimate of drug-likeness (QED) is 0.466. The van der Waals surface area contributed by atoms with Crippen molar-refractivity contribution in [3.05, 3.63) is 89.8 Å². The number of allylic oxidation sites excluding steroid dienone is 1. The fraction of sp³-hybridized carbons (Fsp3) is 0.167. The summed E-state index contributed by atoms with van der Waals surface area (Å²) in [7, 11) is 0. The molecule has 0 unspecified atom stereocenters. The van der Waals surface area contributed by atoms with Crippen molar-refractivity contribution in [1.29, 1.82) is 0 Å². The summed E-state index contributed by atoms with van der Waals surface area (Å²) >= 11 is 0. The van der Waals surface area contributed by atoms with Gasteiger partial charge >= 0.3 is 0 Å². The van der Waals surface area contributed by atoms with Gasteiger partial charge in [-0.25, -0.2) is 4.39 Å². The molecule has 0 heterocycles. The van der Waals surface area contributed by atoms with Crippen LogP contribution in [-0.2, 0) is 6.42 Å². The Morgan fingerprint density at radius 2 is 1.40 bits per heavy atom. The average molecular weight is 330 g/mol. The van der Waals surface area contributed by atoms with Crippen LogP contribution in [0.15, 0.2) is 72.8 Å². The lowest BCUT2D eigenvalue weighted by Gasteiger charge is -2.08. The zero-order chi connectivity index (χ0) is 17.6. The molecule has 0 N–H and O–H groups in total. The van der Waals surface area contributed by atoms with Gasteiger partial charge in [-0.1, -0.05) is 86.7 Å². The van der Waals surface area contributed by atoms with Gasteiger partial charge in [0.25, 0.3) is 0 Å². The first-order valence-corrected chi connectivity index (χ1v) is 8.87. The molecular weight excluding hydrogens is 307 g/mol.